The molecule has 5 saturated carbocycles. The largest absolute Gasteiger partial charge is 0.458 e. The fourth-order valence-corrected chi connectivity index (χ4v) is 11.5. The topological polar surface area (TPSA) is 167 Å². The second-order valence-electron chi connectivity index (χ2n) is 13.6. The van der Waals surface area contributed by atoms with Crippen molar-refractivity contribution in [2.45, 2.75) is 69.0 Å². The number of carbonyl (C=O) groups excluding carboxylic acids is 1. The standard InChI is InChI=1S/C31H43NO6.ClHO4/c1-5-32-16-29(17-35-2)12-11-24(37-4)31-20-13-19-22(36-3)15-30(34,21(27(31)32)14-23(29)31)25(20)26(19)38-28(33)18-9-7-6-8-10-18;2-1(3,4)5/h6-10,19-27,34H,5,11-17H2,1-4H3;(H,2,3,4,5)/t19-,20-,21+,22+,23-,24+,25?,26+,27?,29+,30+,31-;/m1./s1. The number of carbonyl (C=O) groups is 1. The molecule has 1 heterocycles. The lowest BCUT2D eigenvalue weighted by Crippen LogP contribution is -2.76. The van der Waals surface area contributed by atoms with E-state index in [1.165, 1.54) is 0 Å². The third-order valence-corrected chi connectivity index (χ3v) is 12.4. The minimum absolute atomic E-state index is 0.0645. The smallest absolute Gasteiger partial charge is 0.338 e. The van der Waals surface area contributed by atoms with Crippen molar-refractivity contribution >= 4 is 5.97 Å². The van der Waals surface area contributed by atoms with Crippen LogP contribution in [0.2, 0.25) is 0 Å². The molecule has 6 fully saturated rings. The summed E-state index contributed by atoms with van der Waals surface area (Å²) in [5.74, 6) is 0.395. The lowest BCUT2D eigenvalue weighted by molar-refractivity contribution is -1.92. The molecule has 12 atom stereocenters. The van der Waals surface area contributed by atoms with Crippen LogP contribution >= 0.6 is 0 Å². The number of hydrogen-bond donors (Lipinski definition) is 2. The van der Waals surface area contributed by atoms with Gasteiger partial charge in [0.2, 0.25) is 0 Å². The van der Waals surface area contributed by atoms with Crippen molar-refractivity contribution < 1.29 is 57.7 Å². The van der Waals surface area contributed by atoms with Crippen molar-refractivity contribution in [2.24, 2.45) is 40.4 Å². The first kappa shape index (κ1) is 31.6. The number of hydrogen-bond acceptors (Lipinski definition) is 11. The van der Waals surface area contributed by atoms with Crippen LogP contribution in [0, 0.1) is 50.7 Å². The number of halogens is 1. The maximum atomic E-state index is 13.4. The lowest BCUT2D eigenvalue weighted by Gasteiger charge is -2.69. The van der Waals surface area contributed by atoms with Crippen LogP contribution in [-0.4, -0.2) is 91.6 Å². The summed E-state index contributed by atoms with van der Waals surface area (Å²) in [5, 5.41) is 12.9. The van der Waals surface area contributed by atoms with Gasteiger partial charge in [-0.2, -0.15) is 14.0 Å². The predicted octanol–water partition coefficient (Wildman–Crippen LogP) is -0.728. The van der Waals surface area contributed by atoms with E-state index in [9.17, 15) is 9.90 Å². The lowest BCUT2D eigenvalue weighted by atomic mass is 9.43. The summed E-state index contributed by atoms with van der Waals surface area (Å²) in [5.41, 5.74) is -0.405. The molecule has 1 aromatic rings. The molecule has 0 radical (unpaired) electrons. The van der Waals surface area contributed by atoms with Gasteiger partial charge in [0.05, 0.1) is 44.9 Å². The number of piperidine rings is 1. The number of rotatable bonds is 7. The zero-order chi connectivity index (χ0) is 30.9. The quantitative estimate of drug-likeness (QED) is 0.367. The van der Waals surface area contributed by atoms with Gasteiger partial charge in [0, 0.05) is 68.9 Å². The second-order valence-corrected chi connectivity index (χ2v) is 14.4. The molecule has 0 aromatic heterocycles. The fourth-order valence-electron chi connectivity index (χ4n) is 11.5. The minimum atomic E-state index is -4.69. The molecule has 2 unspecified atom stereocenters. The van der Waals surface area contributed by atoms with Gasteiger partial charge in [0.25, 0.3) is 0 Å². The first-order chi connectivity index (χ1) is 20.4. The van der Waals surface area contributed by atoms with E-state index in [2.05, 4.69) is 11.8 Å². The molecule has 11 nitrogen and oxygen atoms in total. The summed E-state index contributed by atoms with van der Waals surface area (Å²) in [6.07, 6.45) is 4.25. The van der Waals surface area contributed by atoms with E-state index in [1.807, 2.05) is 44.6 Å². The maximum absolute atomic E-state index is 13.4. The van der Waals surface area contributed by atoms with Crippen molar-refractivity contribution in [3.63, 3.8) is 0 Å². The van der Waals surface area contributed by atoms with Crippen LogP contribution in [0.5, 0.6) is 0 Å². The highest BCUT2D eigenvalue weighted by Crippen LogP contribution is 2.79. The zero-order valence-electron chi connectivity index (χ0n) is 25.2. The molecule has 1 saturated heterocycles. The predicted molar refractivity (Wildman–Crippen MR) is 143 cm³/mol. The number of methoxy groups -OCH3 is 3. The summed E-state index contributed by atoms with van der Waals surface area (Å²) in [6.45, 7) is 4.99. The molecule has 0 amide bonds. The summed E-state index contributed by atoms with van der Waals surface area (Å²) < 4.78 is 57.6. The van der Waals surface area contributed by atoms with E-state index >= 15 is 0 Å². The Labute approximate surface area is 254 Å². The van der Waals surface area contributed by atoms with E-state index in [4.69, 9.17) is 37.6 Å². The Bertz CT molecular complexity index is 1180. The summed E-state index contributed by atoms with van der Waals surface area (Å²) >= 11 is 0. The van der Waals surface area contributed by atoms with E-state index in [-0.39, 0.29) is 64.8 Å². The molecule has 6 aliphatic rings. The Balaban J connectivity index is 0.000000611. The first-order valence-electron chi connectivity index (χ1n) is 15.3. The van der Waals surface area contributed by atoms with Gasteiger partial charge in [-0.1, -0.05) is 25.1 Å². The van der Waals surface area contributed by atoms with Crippen LogP contribution < -0.4 is 14.0 Å². The fraction of sp³-hybridized carbons (Fsp3) is 0.774. The molecule has 1 aliphatic heterocycles. The molecule has 7 bridgehead atoms. The number of ether oxygens (including phenoxy) is 4. The van der Waals surface area contributed by atoms with Crippen molar-refractivity contribution in [1.82, 2.24) is 4.90 Å². The monoisotopic (exact) mass is 625 g/mol. The third-order valence-electron chi connectivity index (χ3n) is 12.4. The summed E-state index contributed by atoms with van der Waals surface area (Å²) in [4.78, 5) is 16.1. The van der Waals surface area contributed by atoms with Crippen LogP contribution in [0.25, 0.3) is 0 Å². The van der Waals surface area contributed by atoms with E-state index in [0.717, 1.165) is 45.4 Å². The van der Waals surface area contributed by atoms with Crippen LogP contribution in [-0.2, 0) is 18.9 Å². The molecule has 43 heavy (non-hydrogen) atoms. The summed E-state index contributed by atoms with van der Waals surface area (Å²) in [7, 11) is 0.778. The molecular weight excluding hydrogens is 582 g/mol. The average molecular weight is 626 g/mol. The van der Waals surface area contributed by atoms with Gasteiger partial charge in [-0.3, -0.25) is 4.90 Å². The van der Waals surface area contributed by atoms with Crippen LogP contribution in [0.3, 0.4) is 0 Å². The number of aliphatic hydroxyl groups is 1. The van der Waals surface area contributed by atoms with Crippen molar-refractivity contribution in [1.29, 1.82) is 0 Å². The normalized spacial score (nSPS) is 45.7. The third kappa shape index (κ3) is 4.61. The van der Waals surface area contributed by atoms with Crippen molar-refractivity contribution in [3.8, 4) is 0 Å². The highest BCUT2D eigenvalue weighted by atomic mass is 35.7. The van der Waals surface area contributed by atoms with Gasteiger partial charge in [0.15, 0.2) is 0 Å². The van der Waals surface area contributed by atoms with Crippen LogP contribution in [0.15, 0.2) is 30.3 Å². The molecule has 1 aromatic carbocycles. The van der Waals surface area contributed by atoms with Gasteiger partial charge in [-0.25, -0.2) is 4.79 Å². The second kappa shape index (κ2) is 11.2. The van der Waals surface area contributed by atoms with Crippen LogP contribution in [0.4, 0.5) is 0 Å². The number of likely N-dealkylation sites (tertiary alicyclic amines) is 1. The Morgan fingerprint density at radius 3 is 2.40 bits per heavy atom. The first-order valence-corrected chi connectivity index (χ1v) is 16.6. The Morgan fingerprint density at radius 1 is 1.09 bits per heavy atom. The number of fused-ring (bicyclic) bond motifs is 2. The Kier molecular flexibility index (Phi) is 8.19. The number of benzene rings is 1. The van der Waals surface area contributed by atoms with Gasteiger partial charge >= 0.3 is 5.97 Å². The SMILES string of the molecule is CCN1C[C@]2(COC)CC[C@H](OC)[C@]34C1[C@H](C[C@H]23)[C@@]1(O)C[C@H](OC)[C@H]2C[C@@H]4C1[C@H]2OC(=O)c1ccccc1.[O-][Cl+3]([O-])([O-])O. The van der Waals surface area contributed by atoms with Gasteiger partial charge in [-0.15, -0.1) is 0 Å². The number of esters is 1. The highest BCUT2D eigenvalue weighted by Gasteiger charge is 2.84. The average Bonchev–Trinajstić information content (AvgIpc) is 3.41. The van der Waals surface area contributed by atoms with Crippen LogP contribution in [0.1, 0.15) is 49.4 Å². The minimum Gasteiger partial charge on any atom is -0.458 e. The van der Waals surface area contributed by atoms with E-state index < -0.39 is 15.8 Å². The van der Waals surface area contributed by atoms with E-state index in [0.29, 0.717) is 17.9 Å². The maximum Gasteiger partial charge on any atom is 0.338 e. The highest BCUT2D eigenvalue weighted by molar-refractivity contribution is 5.89. The van der Waals surface area contributed by atoms with Crippen molar-refractivity contribution in [2.75, 3.05) is 41.0 Å². The van der Waals surface area contributed by atoms with Gasteiger partial charge in [0.1, 0.15) is 6.10 Å². The van der Waals surface area contributed by atoms with E-state index in [1.54, 1.807) is 7.11 Å². The molecular formula is C31H44ClNO10. The van der Waals surface area contributed by atoms with Gasteiger partial charge in [-0.05, 0) is 56.2 Å². The van der Waals surface area contributed by atoms with Crippen molar-refractivity contribution in [3.05, 3.63) is 35.9 Å². The molecule has 5 aliphatic carbocycles. The molecule has 7 rings (SSSR count). The molecule has 1 spiro atoms. The Morgan fingerprint density at radius 2 is 1.79 bits per heavy atom. The Hall–Kier alpha value is -1.38. The van der Waals surface area contributed by atoms with Gasteiger partial charge < -0.3 is 24.1 Å². The zero-order valence-corrected chi connectivity index (χ0v) is 26.0. The number of nitrogens with zero attached hydrogens (tertiary/aromatic N) is 1. The summed E-state index contributed by atoms with van der Waals surface area (Å²) in [6, 6.07) is 9.52. The molecule has 240 valence electrons. The molecule has 2 N–H and O–H groups in total. The molecule has 12 heteroatoms.